The Hall–Kier alpha value is -2.02. The highest BCUT2D eigenvalue weighted by molar-refractivity contribution is 5.27. The zero-order valence-electron chi connectivity index (χ0n) is 11.7. The molecule has 0 aliphatic carbocycles. The van der Waals surface area contributed by atoms with E-state index < -0.39 is 6.36 Å². The third-order valence-corrected chi connectivity index (χ3v) is 3.09. The van der Waals surface area contributed by atoms with Crippen molar-refractivity contribution in [2.75, 3.05) is 7.05 Å². The normalized spacial score (nSPS) is 13.2. The van der Waals surface area contributed by atoms with Crippen LogP contribution in [-0.4, -0.2) is 23.2 Å². The first-order valence-corrected chi connectivity index (χ1v) is 6.41. The first kappa shape index (κ1) is 15.4. The highest BCUT2D eigenvalue weighted by Gasteiger charge is 2.30. The molecule has 2 aromatic rings. The number of hydrogen-bond donors (Lipinski definition) is 1. The lowest BCUT2D eigenvalue weighted by atomic mass is 10.2. The van der Waals surface area contributed by atoms with Gasteiger partial charge in [0.25, 0.3) is 0 Å². The van der Waals surface area contributed by atoms with Crippen molar-refractivity contribution in [1.29, 1.82) is 0 Å². The number of halogens is 3. The van der Waals surface area contributed by atoms with Crippen LogP contribution < -0.4 is 10.1 Å². The number of rotatable bonds is 5. The maximum absolute atomic E-state index is 12.1. The summed E-state index contributed by atoms with van der Waals surface area (Å²) in [4.78, 5) is 0. The molecule has 0 bridgehead atoms. The zero-order chi connectivity index (χ0) is 15.5. The molecule has 114 valence electrons. The smallest absolute Gasteiger partial charge is 0.406 e. The lowest BCUT2D eigenvalue weighted by Gasteiger charge is -2.09. The number of nitrogens with one attached hydrogen (secondary N) is 1. The lowest BCUT2D eigenvalue weighted by Crippen LogP contribution is -2.17. The zero-order valence-corrected chi connectivity index (χ0v) is 11.7. The molecular weight excluding hydrogens is 283 g/mol. The van der Waals surface area contributed by atoms with Crippen molar-refractivity contribution in [3.8, 4) is 5.75 Å². The van der Waals surface area contributed by atoms with Gasteiger partial charge in [-0.15, -0.1) is 13.2 Å². The molecule has 2 rings (SSSR count). The largest absolute Gasteiger partial charge is 0.573 e. The Labute approximate surface area is 120 Å². The van der Waals surface area contributed by atoms with Gasteiger partial charge in [0.15, 0.2) is 0 Å². The summed E-state index contributed by atoms with van der Waals surface area (Å²) in [5.74, 6) is -0.226. The maximum Gasteiger partial charge on any atom is 0.573 e. The van der Waals surface area contributed by atoms with Gasteiger partial charge in [0.05, 0.1) is 12.7 Å². The first-order valence-electron chi connectivity index (χ1n) is 6.41. The summed E-state index contributed by atoms with van der Waals surface area (Å²) in [5, 5.41) is 7.34. The van der Waals surface area contributed by atoms with E-state index in [1.165, 1.54) is 12.1 Å². The van der Waals surface area contributed by atoms with Crippen molar-refractivity contribution < 1.29 is 17.9 Å². The number of benzene rings is 1. The van der Waals surface area contributed by atoms with E-state index >= 15 is 0 Å². The van der Waals surface area contributed by atoms with Crippen molar-refractivity contribution in [1.82, 2.24) is 15.1 Å². The van der Waals surface area contributed by atoms with Gasteiger partial charge in [-0.3, -0.25) is 4.68 Å². The van der Waals surface area contributed by atoms with Crippen molar-refractivity contribution in [3.63, 3.8) is 0 Å². The van der Waals surface area contributed by atoms with Gasteiger partial charge in [-0.05, 0) is 31.7 Å². The first-order chi connectivity index (χ1) is 9.87. The van der Waals surface area contributed by atoms with Gasteiger partial charge in [0, 0.05) is 17.8 Å². The van der Waals surface area contributed by atoms with E-state index in [1.807, 2.05) is 20.2 Å². The minimum absolute atomic E-state index is 0.196. The topological polar surface area (TPSA) is 39.1 Å². The fraction of sp³-hybridized carbons (Fsp3) is 0.357. The molecule has 1 N–H and O–H groups in total. The minimum atomic E-state index is -4.66. The predicted octanol–water partition coefficient (Wildman–Crippen LogP) is 3.11. The van der Waals surface area contributed by atoms with Gasteiger partial charge in [-0.2, -0.15) is 5.10 Å². The van der Waals surface area contributed by atoms with Gasteiger partial charge in [-0.1, -0.05) is 12.1 Å². The highest BCUT2D eigenvalue weighted by atomic mass is 19.4. The molecule has 1 heterocycles. The predicted molar refractivity (Wildman–Crippen MR) is 71.9 cm³/mol. The van der Waals surface area contributed by atoms with Crippen molar-refractivity contribution >= 4 is 0 Å². The molecule has 0 aliphatic heterocycles. The van der Waals surface area contributed by atoms with E-state index in [-0.39, 0.29) is 11.8 Å². The number of hydrogen-bond acceptors (Lipinski definition) is 3. The fourth-order valence-electron chi connectivity index (χ4n) is 1.84. The molecule has 0 saturated heterocycles. The van der Waals surface area contributed by atoms with E-state index in [0.717, 1.165) is 11.1 Å². The van der Waals surface area contributed by atoms with E-state index in [4.69, 9.17) is 0 Å². The molecule has 7 heteroatoms. The Morgan fingerprint density at radius 2 is 1.95 bits per heavy atom. The van der Waals surface area contributed by atoms with Crippen molar-refractivity contribution in [2.45, 2.75) is 25.9 Å². The quantitative estimate of drug-likeness (QED) is 0.922. The molecule has 0 amide bonds. The van der Waals surface area contributed by atoms with Crippen LogP contribution in [0.1, 0.15) is 24.1 Å². The molecule has 1 aromatic heterocycles. The monoisotopic (exact) mass is 299 g/mol. The second-order valence-electron chi connectivity index (χ2n) is 4.67. The van der Waals surface area contributed by atoms with Gasteiger partial charge >= 0.3 is 6.36 Å². The molecule has 1 unspecified atom stereocenters. The van der Waals surface area contributed by atoms with Crippen LogP contribution in [-0.2, 0) is 6.54 Å². The van der Waals surface area contributed by atoms with Gasteiger partial charge in [0.2, 0.25) is 0 Å². The molecule has 21 heavy (non-hydrogen) atoms. The van der Waals surface area contributed by atoms with Crippen LogP contribution in [0.3, 0.4) is 0 Å². The molecular formula is C14H16F3N3O. The second-order valence-corrected chi connectivity index (χ2v) is 4.67. The minimum Gasteiger partial charge on any atom is -0.406 e. The summed E-state index contributed by atoms with van der Waals surface area (Å²) in [7, 11) is 1.86. The summed E-state index contributed by atoms with van der Waals surface area (Å²) < 4.78 is 41.7. The van der Waals surface area contributed by atoms with Crippen LogP contribution in [0.5, 0.6) is 5.75 Å². The van der Waals surface area contributed by atoms with Gasteiger partial charge in [-0.25, -0.2) is 0 Å². The van der Waals surface area contributed by atoms with Crippen molar-refractivity contribution in [2.24, 2.45) is 0 Å². The van der Waals surface area contributed by atoms with Crippen LogP contribution in [0.4, 0.5) is 13.2 Å². The number of aromatic nitrogens is 2. The number of ether oxygens (including phenoxy) is 1. The average molecular weight is 299 g/mol. The molecule has 0 radical (unpaired) electrons. The highest BCUT2D eigenvalue weighted by Crippen LogP contribution is 2.23. The molecule has 1 aromatic carbocycles. The maximum atomic E-state index is 12.1. The van der Waals surface area contributed by atoms with Crippen LogP contribution >= 0.6 is 0 Å². The standard InChI is InChI=1S/C14H16F3N3O/c1-10(18-2)12-7-19-20(9-12)8-11-3-5-13(6-4-11)21-14(15,16)17/h3-7,9-10,18H,8H2,1-2H3. The second kappa shape index (κ2) is 6.17. The third-order valence-electron chi connectivity index (χ3n) is 3.09. The Kier molecular flexibility index (Phi) is 4.52. The van der Waals surface area contributed by atoms with Crippen LogP contribution in [0.25, 0.3) is 0 Å². The summed E-state index contributed by atoms with van der Waals surface area (Å²) in [6.07, 6.45) is -0.995. The van der Waals surface area contributed by atoms with E-state index in [2.05, 4.69) is 15.2 Å². The molecule has 0 fully saturated rings. The van der Waals surface area contributed by atoms with Gasteiger partial charge < -0.3 is 10.1 Å². The SMILES string of the molecule is CNC(C)c1cnn(Cc2ccc(OC(F)(F)F)cc2)c1. The Balaban J connectivity index is 2.01. The molecule has 1 atom stereocenters. The molecule has 4 nitrogen and oxygen atoms in total. The molecule has 0 aliphatic rings. The Morgan fingerprint density at radius 3 is 2.52 bits per heavy atom. The Bertz CT molecular complexity index is 578. The summed E-state index contributed by atoms with van der Waals surface area (Å²) in [6.45, 7) is 2.51. The number of nitrogens with zero attached hydrogens (tertiary/aromatic N) is 2. The fourth-order valence-corrected chi connectivity index (χ4v) is 1.84. The molecule has 0 saturated carbocycles. The molecule has 0 spiro atoms. The van der Waals surface area contributed by atoms with Gasteiger partial charge in [0.1, 0.15) is 5.75 Å². The van der Waals surface area contributed by atoms with E-state index in [9.17, 15) is 13.2 Å². The average Bonchev–Trinajstić information content (AvgIpc) is 2.87. The van der Waals surface area contributed by atoms with Crippen LogP contribution in [0.15, 0.2) is 36.7 Å². The van der Waals surface area contributed by atoms with E-state index in [0.29, 0.717) is 6.54 Å². The third kappa shape index (κ3) is 4.49. The van der Waals surface area contributed by atoms with Crippen molar-refractivity contribution in [3.05, 3.63) is 47.8 Å². The summed E-state index contributed by atoms with van der Waals surface area (Å²) >= 11 is 0. The lowest BCUT2D eigenvalue weighted by molar-refractivity contribution is -0.274. The Morgan fingerprint density at radius 1 is 1.29 bits per heavy atom. The summed E-state index contributed by atoms with van der Waals surface area (Å²) in [6, 6.07) is 5.96. The summed E-state index contributed by atoms with van der Waals surface area (Å²) in [5.41, 5.74) is 1.89. The van der Waals surface area contributed by atoms with Crippen LogP contribution in [0, 0.1) is 0 Å². The van der Waals surface area contributed by atoms with Crippen LogP contribution in [0.2, 0.25) is 0 Å². The van der Waals surface area contributed by atoms with E-state index in [1.54, 1.807) is 23.0 Å². The number of alkyl halides is 3.